The first kappa shape index (κ1) is 18.2. The van der Waals surface area contributed by atoms with Gasteiger partial charge in [0, 0.05) is 12.5 Å². The van der Waals surface area contributed by atoms with Crippen LogP contribution in [0.3, 0.4) is 0 Å². The standard InChI is InChI=1S/C19H30O4/c1-3-23-18(21)13-22-12-6-4-5-7-17-15-8-10-16(11-9-15)19(17)14(2)20/h8,10,15-17,19H,3-7,9,11-13H2,1-2H3. The Morgan fingerprint density at radius 1 is 1.09 bits per heavy atom. The lowest BCUT2D eigenvalue weighted by molar-refractivity contribution is -0.148. The quantitative estimate of drug-likeness (QED) is 0.351. The second-order valence-electron chi connectivity index (χ2n) is 6.80. The summed E-state index contributed by atoms with van der Waals surface area (Å²) >= 11 is 0. The van der Waals surface area contributed by atoms with Crippen LogP contribution >= 0.6 is 0 Å². The summed E-state index contributed by atoms with van der Waals surface area (Å²) in [4.78, 5) is 23.1. The van der Waals surface area contributed by atoms with Gasteiger partial charge in [-0.25, -0.2) is 4.79 Å². The molecule has 0 saturated heterocycles. The minimum absolute atomic E-state index is 0.0530. The zero-order valence-corrected chi connectivity index (χ0v) is 14.5. The van der Waals surface area contributed by atoms with E-state index in [0.29, 0.717) is 36.8 Å². The molecule has 0 radical (unpaired) electrons. The summed E-state index contributed by atoms with van der Waals surface area (Å²) in [5, 5.41) is 0. The molecule has 4 atom stereocenters. The van der Waals surface area contributed by atoms with Crippen molar-refractivity contribution in [1.82, 2.24) is 0 Å². The zero-order valence-electron chi connectivity index (χ0n) is 14.5. The molecule has 3 aliphatic rings. The molecule has 2 bridgehead atoms. The number of fused-ring (bicyclic) bond motifs is 2. The number of ketones is 1. The van der Waals surface area contributed by atoms with Crippen molar-refractivity contribution in [2.45, 2.75) is 52.4 Å². The topological polar surface area (TPSA) is 52.6 Å². The van der Waals surface area contributed by atoms with Crippen LogP contribution in [0.4, 0.5) is 0 Å². The Bertz CT molecular complexity index is 429. The number of hydrogen-bond acceptors (Lipinski definition) is 4. The van der Waals surface area contributed by atoms with E-state index in [9.17, 15) is 9.59 Å². The highest BCUT2D eigenvalue weighted by molar-refractivity contribution is 5.79. The van der Waals surface area contributed by atoms with Gasteiger partial charge in [0.05, 0.1) is 6.61 Å². The molecule has 130 valence electrons. The lowest BCUT2D eigenvalue weighted by atomic mass is 9.60. The number of Topliss-reactive ketones (excluding diaryl/α,β-unsaturated/α-hetero) is 1. The summed E-state index contributed by atoms with van der Waals surface area (Å²) in [6.07, 6.45) is 11.4. The van der Waals surface area contributed by atoms with Crippen molar-refractivity contribution in [2.24, 2.45) is 23.7 Å². The van der Waals surface area contributed by atoms with E-state index in [0.717, 1.165) is 25.7 Å². The maximum atomic E-state index is 12.0. The highest BCUT2D eigenvalue weighted by Gasteiger charge is 2.42. The number of allylic oxidation sites excluding steroid dienone is 2. The van der Waals surface area contributed by atoms with Gasteiger partial charge < -0.3 is 9.47 Å². The smallest absolute Gasteiger partial charge is 0.332 e. The van der Waals surface area contributed by atoms with Crippen molar-refractivity contribution >= 4 is 11.8 Å². The van der Waals surface area contributed by atoms with Crippen LogP contribution in [0.1, 0.15) is 52.4 Å². The second-order valence-corrected chi connectivity index (χ2v) is 6.80. The Labute approximate surface area is 139 Å². The predicted molar refractivity (Wildman–Crippen MR) is 88.9 cm³/mol. The van der Waals surface area contributed by atoms with Gasteiger partial charge in [-0.1, -0.05) is 25.0 Å². The molecule has 4 nitrogen and oxygen atoms in total. The fourth-order valence-electron chi connectivity index (χ4n) is 4.22. The average Bonchev–Trinajstić information content (AvgIpc) is 2.54. The molecule has 0 aromatic heterocycles. The average molecular weight is 322 g/mol. The zero-order chi connectivity index (χ0) is 16.7. The summed E-state index contributed by atoms with van der Waals surface area (Å²) in [6, 6.07) is 0. The predicted octanol–water partition coefficient (Wildman–Crippen LogP) is 3.54. The second kappa shape index (κ2) is 9.21. The number of unbranched alkanes of at least 4 members (excludes halogenated alkanes) is 2. The van der Waals surface area contributed by atoms with E-state index in [-0.39, 0.29) is 18.5 Å². The molecule has 0 heterocycles. The molecule has 0 amide bonds. The van der Waals surface area contributed by atoms with Crippen molar-refractivity contribution in [3.05, 3.63) is 12.2 Å². The van der Waals surface area contributed by atoms with E-state index >= 15 is 0 Å². The number of carbonyl (C=O) groups excluding carboxylic acids is 2. The van der Waals surface area contributed by atoms with Crippen LogP contribution in [0.15, 0.2) is 12.2 Å². The lowest BCUT2D eigenvalue weighted by Crippen LogP contribution is -2.40. The normalized spacial score (nSPS) is 28.8. The van der Waals surface area contributed by atoms with Gasteiger partial charge in [0.15, 0.2) is 0 Å². The van der Waals surface area contributed by atoms with Crippen molar-refractivity contribution in [3.63, 3.8) is 0 Å². The van der Waals surface area contributed by atoms with Gasteiger partial charge in [-0.3, -0.25) is 4.79 Å². The maximum Gasteiger partial charge on any atom is 0.332 e. The number of esters is 1. The summed E-state index contributed by atoms with van der Waals surface area (Å²) in [7, 11) is 0. The third kappa shape index (κ3) is 5.17. The molecular formula is C19H30O4. The summed E-state index contributed by atoms with van der Waals surface area (Å²) in [6.45, 7) is 4.61. The van der Waals surface area contributed by atoms with E-state index in [2.05, 4.69) is 12.2 Å². The Morgan fingerprint density at radius 2 is 1.83 bits per heavy atom. The molecule has 0 aromatic carbocycles. The van der Waals surface area contributed by atoms with Gasteiger partial charge in [-0.05, 0) is 57.3 Å². The Balaban J connectivity index is 1.61. The van der Waals surface area contributed by atoms with E-state index in [1.807, 2.05) is 0 Å². The number of rotatable bonds is 10. The van der Waals surface area contributed by atoms with Gasteiger partial charge in [0.1, 0.15) is 12.4 Å². The number of ether oxygens (including phenoxy) is 2. The Hall–Kier alpha value is -1.16. The van der Waals surface area contributed by atoms with Crippen LogP contribution in [0, 0.1) is 23.7 Å². The van der Waals surface area contributed by atoms with Crippen LogP contribution in [0.25, 0.3) is 0 Å². The number of hydrogen-bond donors (Lipinski definition) is 0. The molecule has 3 aliphatic carbocycles. The highest BCUT2D eigenvalue weighted by atomic mass is 16.6. The third-order valence-corrected chi connectivity index (χ3v) is 5.23. The minimum Gasteiger partial charge on any atom is -0.464 e. The molecule has 1 fully saturated rings. The molecule has 1 saturated carbocycles. The van der Waals surface area contributed by atoms with Gasteiger partial charge >= 0.3 is 5.97 Å². The molecule has 4 heteroatoms. The van der Waals surface area contributed by atoms with Crippen LogP contribution in [-0.4, -0.2) is 31.6 Å². The van der Waals surface area contributed by atoms with Crippen molar-refractivity contribution in [3.8, 4) is 0 Å². The summed E-state index contributed by atoms with van der Waals surface area (Å²) in [5.41, 5.74) is 0. The van der Waals surface area contributed by atoms with Crippen LogP contribution in [0.2, 0.25) is 0 Å². The Morgan fingerprint density at radius 3 is 2.48 bits per heavy atom. The Kier molecular flexibility index (Phi) is 7.28. The SMILES string of the molecule is CCOC(=O)COCCCCCC1C2C=CC(CC2)C1C(C)=O. The van der Waals surface area contributed by atoms with E-state index < -0.39 is 0 Å². The van der Waals surface area contributed by atoms with Gasteiger partial charge in [-0.15, -0.1) is 0 Å². The molecule has 0 N–H and O–H groups in total. The van der Waals surface area contributed by atoms with Gasteiger partial charge in [0.25, 0.3) is 0 Å². The fraction of sp³-hybridized carbons (Fsp3) is 0.789. The molecule has 0 spiro atoms. The van der Waals surface area contributed by atoms with E-state index in [1.165, 1.54) is 12.8 Å². The van der Waals surface area contributed by atoms with E-state index in [4.69, 9.17) is 9.47 Å². The van der Waals surface area contributed by atoms with Crippen LogP contribution in [0.5, 0.6) is 0 Å². The van der Waals surface area contributed by atoms with Gasteiger partial charge in [-0.2, -0.15) is 0 Å². The van der Waals surface area contributed by atoms with E-state index in [1.54, 1.807) is 13.8 Å². The summed E-state index contributed by atoms with van der Waals surface area (Å²) in [5.74, 6) is 1.95. The first-order valence-corrected chi connectivity index (χ1v) is 9.05. The molecule has 3 rings (SSSR count). The lowest BCUT2D eigenvalue weighted by Gasteiger charge is -2.44. The van der Waals surface area contributed by atoms with Crippen LogP contribution < -0.4 is 0 Å². The first-order valence-electron chi connectivity index (χ1n) is 9.05. The van der Waals surface area contributed by atoms with Crippen molar-refractivity contribution < 1.29 is 19.1 Å². The minimum atomic E-state index is -0.290. The van der Waals surface area contributed by atoms with Gasteiger partial charge in [0.2, 0.25) is 0 Å². The molecular weight excluding hydrogens is 292 g/mol. The third-order valence-electron chi connectivity index (χ3n) is 5.23. The monoisotopic (exact) mass is 322 g/mol. The number of carbonyl (C=O) groups is 2. The fourth-order valence-corrected chi connectivity index (χ4v) is 4.22. The van der Waals surface area contributed by atoms with Crippen molar-refractivity contribution in [2.75, 3.05) is 19.8 Å². The molecule has 0 aliphatic heterocycles. The summed E-state index contributed by atoms with van der Waals surface area (Å²) < 4.78 is 10.1. The largest absolute Gasteiger partial charge is 0.464 e. The van der Waals surface area contributed by atoms with Crippen LogP contribution in [-0.2, 0) is 19.1 Å². The maximum absolute atomic E-state index is 12.0. The highest BCUT2D eigenvalue weighted by Crippen LogP contribution is 2.47. The molecule has 0 aromatic rings. The first-order chi connectivity index (χ1) is 11.1. The molecule has 23 heavy (non-hydrogen) atoms. The van der Waals surface area contributed by atoms with Crippen molar-refractivity contribution in [1.29, 1.82) is 0 Å². The molecule has 4 unspecified atom stereocenters.